The fourth-order valence-electron chi connectivity index (χ4n) is 1.35. The normalized spacial score (nSPS) is 10.4. The average Bonchev–Trinajstić information content (AvgIpc) is 2.28. The zero-order valence-corrected chi connectivity index (χ0v) is 12.1. The number of fused-ring (bicyclic) bond motifs is 1. The number of methoxy groups -OCH3 is 1. The van der Waals surface area contributed by atoms with Crippen LogP contribution in [0.15, 0.2) is 28.7 Å². The standard InChI is InChI=1S/C11H7BrINO2/c1-16-11(15)10-8(13)4-6-2-3-7(12)5-9(6)14-10/h2-5H,1H3. The lowest BCUT2D eigenvalue weighted by Gasteiger charge is -2.04. The highest BCUT2D eigenvalue weighted by Gasteiger charge is 2.13. The van der Waals surface area contributed by atoms with Crippen molar-refractivity contribution in [3.05, 3.63) is 38.0 Å². The molecule has 0 aliphatic rings. The largest absolute Gasteiger partial charge is 0.464 e. The summed E-state index contributed by atoms with van der Waals surface area (Å²) in [7, 11) is 1.35. The summed E-state index contributed by atoms with van der Waals surface area (Å²) >= 11 is 5.45. The van der Waals surface area contributed by atoms with E-state index in [1.54, 1.807) is 0 Å². The molecule has 82 valence electrons. The van der Waals surface area contributed by atoms with Crippen molar-refractivity contribution in [2.75, 3.05) is 7.11 Å². The summed E-state index contributed by atoms with van der Waals surface area (Å²) in [4.78, 5) is 15.8. The van der Waals surface area contributed by atoms with E-state index in [1.165, 1.54) is 7.11 Å². The van der Waals surface area contributed by atoms with Gasteiger partial charge >= 0.3 is 5.97 Å². The number of nitrogens with zero attached hydrogens (tertiary/aromatic N) is 1. The van der Waals surface area contributed by atoms with Gasteiger partial charge in [0.05, 0.1) is 12.6 Å². The van der Waals surface area contributed by atoms with Gasteiger partial charge in [0.25, 0.3) is 0 Å². The van der Waals surface area contributed by atoms with Crippen molar-refractivity contribution < 1.29 is 9.53 Å². The smallest absolute Gasteiger partial charge is 0.357 e. The summed E-state index contributed by atoms with van der Waals surface area (Å²) in [6.45, 7) is 0. The molecule has 5 heteroatoms. The number of hydrogen-bond acceptors (Lipinski definition) is 3. The molecule has 0 amide bonds. The second-order valence-electron chi connectivity index (χ2n) is 3.15. The van der Waals surface area contributed by atoms with Gasteiger partial charge < -0.3 is 4.74 Å². The molecule has 0 N–H and O–H groups in total. The number of carbonyl (C=O) groups excluding carboxylic acids is 1. The predicted molar refractivity (Wildman–Crippen MR) is 73.5 cm³/mol. The molecule has 0 radical (unpaired) electrons. The third kappa shape index (κ3) is 2.20. The fourth-order valence-corrected chi connectivity index (χ4v) is 2.38. The first-order valence-corrected chi connectivity index (χ1v) is 6.33. The van der Waals surface area contributed by atoms with Crippen molar-refractivity contribution in [3.63, 3.8) is 0 Å². The van der Waals surface area contributed by atoms with E-state index in [4.69, 9.17) is 0 Å². The molecule has 0 aliphatic heterocycles. The number of hydrogen-bond donors (Lipinski definition) is 0. The lowest BCUT2D eigenvalue weighted by Crippen LogP contribution is -2.06. The fraction of sp³-hybridized carbons (Fsp3) is 0.0909. The van der Waals surface area contributed by atoms with Gasteiger partial charge in [0.1, 0.15) is 0 Å². The number of rotatable bonds is 1. The van der Waals surface area contributed by atoms with Crippen LogP contribution >= 0.6 is 38.5 Å². The van der Waals surface area contributed by atoms with Crippen molar-refractivity contribution in [1.82, 2.24) is 4.98 Å². The van der Waals surface area contributed by atoms with E-state index in [-0.39, 0.29) is 0 Å². The summed E-state index contributed by atoms with van der Waals surface area (Å²) < 4.78 is 6.40. The Morgan fingerprint density at radius 1 is 1.44 bits per heavy atom. The van der Waals surface area contributed by atoms with Crippen LogP contribution in [-0.2, 0) is 4.74 Å². The Morgan fingerprint density at radius 3 is 2.88 bits per heavy atom. The Morgan fingerprint density at radius 2 is 2.19 bits per heavy atom. The lowest BCUT2D eigenvalue weighted by atomic mass is 10.2. The van der Waals surface area contributed by atoms with Gasteiger partial charge in [-0.15, -0.1) is 0 Å². The second-order valence-corrected chi connectivity index (χ2v) is 5.23. The number of pyridine rings is 1. The van der Waals surface area contributed by atoms with Crippen LogP contribution < -0.4 is 0 Å². The molecule has 0 bridgehead atoms. The third-order valence-electron chi connectivity index (χ3n) is 2.11. The van der Waals surface area contributed by atoms with E-state index in [9.17, 15) is 4.79 Å². The summed E-state index contributed by atoms with van der Waals surface area (Å²) in [5.41, 5.74) is 1.13. The van der Waals surface area contributed by atoms with Gasteiger partial charge in [-0.25, -0.2) is 9.78 Å². The molecule has 3 nitrogen and oxygen atoms in total. The number of aromatic nitrogens is 1. The zero-order chi connectivity index (χ0) is 11.7. The first-order valence-electron chi connectivity index (χ1n) is 4.46. The molecule has 16 heavy (non-hydrogen) atoms. The highest BCUT2D eigenvalue weighted by Crippen LogP contribution is 2.22. The van der Waals surface area contributed by atoms with Crippen molar-refractivity contribution in [2.24, 2.45) is 0 Å². The molecule has 0 atom stereocenters. The van der Waals surface area contributed by atoms with Crippen LogP contribution in [0.2, 0.25) is 0 Å². The Labute approximate surface area is 114 Å². The van der Waals surface area contributed by atoms with E-state index >= 15 is 0 Å². The Bertz CT molecular complexity index is 571. The zero-order valence-electron chi connectivity index (χ0n) is 8.33. The Balaban J connectivity index is 2.68. The van der Waals surface area contributed by atoms with Gasteiger partial charge in [-0.3, -0.25) is 0 Å². The summed E-state index contributed by atoms with van der Waals surface area (Å²) in [6.07, 6.45) is 0. The van der Waals surface area contributed by atoms with Crippen LogP contribution in [0, 0.1) is 3.57 Å². The highest BCUT2D eigenvalue weighted by molar-refractivity contribution is 14.1. The molecular formula is C11H7BrINO2. The molecule has 1 heterocycles. The molecular weight excluding hydrogens is 385 g/mol. The minimum absolute atomic E-state index is 0.355. The van der Waals surface area contributed by atoms with E-state index in [2.05, 4.69) is 48.2 Å². The van der Waals surface area contributed by atoms with Crippen LogP contribution in [0.1, 0.15) is 10.5 Å². The Hall–Kier alpha value is -0.690. The van der Waals surface area contributed by atoms with Gasteiger partial charge in [0.2, 0.25) is 0 Å². The third-order valence-corrected chi connectivity index (χ3v) is 3.43. The molecule has 1 aromatic carbocycles. The molecule has 1 aromatic heterocycles. The number of benzene rings is 1. The molecule has 2 rings (SSSR count). The lowest BCUT2D eigenvalue weighted by molar-refractivity contribution is 0.0593. The quantitative estimate of drug-likeness (QED) is 0.552. The van der Waals surface area contributed by atoms with Crippen LogP contribution in [0.3, 0.4) is 0 Å². The average molecular weight is 392 g/mol. The van der Waals surface area contributed by atoms with Gasteiger partial charge in [-0.2, -0.15) is 0 Å². The van der Waals surface area contributed by atoms with Crippen molar-refractivity contribution in [3.8, 4) is 0 Å². The molecule has 0 fully saturated rings. The predicted octanol–water partition coefficient (Wildman–Crippen LogP) is 3.39. The first kappa shape index (κ1) is 11.8. The van der Waals surface area contributed by atoms with Crippen molar-refractivity contribution in [2.45, 2.75) is 0 Å². The molecule has 0 saturated heterocycles. The maximum absolute atomic E-state index is 11.5. The van der Waals surface area contributed by atoms with Gasteiger partial charge in [0.15, 0.2) is 5.69 Å². The second kappa shape index (κ2) is 4.67. The molecule has 0 saturated carbocycles. The van der Waals surface area contributed by atoms with Crippen LogP contribution in [0.5, 0.6) is 0 Å². The highest BCUT2D eigenvalue weighted by atomic mass is 127. The number of ether oxygens (including phenoxy) is 1. The van der Waals surface area contributed by atoms with Gasteiger partial charge in [-0.1, -0.05) is 22.0 Å². The van der Waals surface area contributed by atoms with Crippen molar-refractivity contribution in [1.29, 1.82) is 0 Å². The summed E-state index contributed by atoms with van der Waals surface area (Å²) in [6, 6.07) is 7.69. The van der Waals surface area contributed by atoms with E-state index in [0.717, 1.165) is 18.9 Å². The van der Waals surface area contributed by atoms with Gasteiger partial charge in [-0.05, 0) is 40.8 Å². The Kier molecular flexibility index (Phi) is 3.44. The number of carbonyl (C=O) groups is 1. The summed E-state index contributed by atoms with van der Waals surface area (Å²) in [5, 5.41) is 1.00. The molecule has 0 unspecified atom stereocenters. The number of esters is 1. The molecule has 0 aliphatic carbocycles. The maximum Gasteiger partial charge on any atom is 0.357 e. The molecule has 0 spiro atoms. The minimum atomic E-state index is -0.411. The number of halogens is 2. The van der Waals surface area contributed by atoms with E-state index in [1.807, 2.05) is 24.3 Å². The van der Waals surface area contributed by atoms with Crippen LogP contribution in [0.4, 0.5) is 0 Å². The topological polar surface area (TPSA) is 39.2 Å². The monoisotopic (exact) mass is 391 g/mol. The van der Waals surface area contributed by atoms with Crippen LogP contribution in [0.25, 0.3) is 10.9 Å². The minimum Gasteiger partial charge on any atom is -0.464 e. The van der Waals surface area contributed by atoms with Crippen molar-refractivity contribution >= 4 is 55.4 Å². The first-order chi connectivity index (χ1) is 7.61. The van der Waals surface area contributed by atoms with E-state index in [0.29, 0.717) is 5.69 Å². The summed E-state index contributed by atoms with van der Waals surface area (Å²) in [5.74, 6) is -0.411. The SMILES string of the molecule is COC(=O)c1nc2cc(Br)ccc2cc1I. The van der Waals surface area contributed by atoms with E-state index < -0.39 is 5.97 Å². The van der Waals surface area contributed by atoms with Gasteiger partial charge in [0, 0.05) is 13.4 Å². The van der Waals surface area contributed by atoms with Crippen LogP contribution in [-0.4, -0.2) is 18.1 Å². The molecule has 2 aromatic rings. The maximum atomic E-state index is 11.5.